The molecule has 0 aromatic heterocycles. The van der Waals surface area contributed by atoms with Crippen LogP contribution in [0.3, 0.4) is 0 Å². The van der Waals surface area contributed by atoms with E-state index in [1.165, 1.54) is 0 Å². The number of nitrogens with one attached hydrogen (secondary N) is 1. The smallest absolute Gasteiger partial charge is 0.252 e. The molecule has 2 aromatic rings. The van der Waals surface area contributed by atoms with Gasteiger partial charge in [0.2, 0.25) is 0 Å². The lowest BCUT2D eigenvalue weighted by Crippen LogP contribution is -2.28. The monoisotopic (exact) mass is 395 g/mol. The Kier molecular flexibility index (Phi) is 5.61. The Labute approximate surface area is 138 Å². The fourth-order valence-electron chi connectivity index (χ4n) is 2.14. The number of hydrogen-bond donors (Lipinski definition) is 1. The lowest BCUT2D eigenvalue weighted by molar-refractivity contribution is 0.0934. The third kappa shape index (κ3) is 3.97. The van der Waals surface area contributed by atoms with Crippen LogP contribution in [0.1, 0.15) is 35.3 Å². The predicted octanol–water partition coefficient (Wildman–Crippen LogP) is 4.18. The minimum atomic E-state index is -0.0392. The number of hydrogen-bond acceptors (Lipinski definition) is 2. The molecule has 0 fully saturated rings. The van der Waals surface area contributed by atoms with E-state index in [2.05, 4.69) is 34.8 Å². The van der Waals surface area contributed by atoms with Gasteiger partial charge in [0.1, 0.15) is 5.75 Å². The molecule has 0 heterocycles. The van der Waals surface area contributed by atoms with Gasteiger partial charge in [-0.25, -0.2) is 0 Å². The summed E-state index contributed by atoms with van der Waals surface area (Å²) in [5.74, 6) is 0.778. The highest BCUT2D eigenvalue weighted by atomic mass is 127. The molecule has 110 valence electrons. The van der Waals surface area contributed by atoms with Crippen molar-refractivity contribution >= 4 is 28.5 Å². The summed E-state index contributed by atoms with van der Waals surface area (Å²) in [6, 6.07) is 15.4. The molecular weight excluding hydrogens is 377 g/mol. The highest BCUT2D eigenvalue weighted by molar-refractivity contribution is 14.1. The second-order valence-corrected chi connectivity index (χ2v) is 5.85. The minimum absolute atomic E-state index is 0.000544. The summed E-state index contributed by atoms with van der Waals surface area (Å²) in [5, 5.41) is 3.09. The number of ether oxygens (including phenoxy) is 1. The van der Waals surface area contributed by atoms with Crippen LogP contribution in [0.4, 0.5) is 0 Å². The van der Waals surface area contributed by atoms with E-state index in [1.807, 2.05) is 48.5 Å². The van der Waals surface area contributed by atoms with Crippen LogP contribution in [-0.2, 0) is 0 Å². The Morgan fingerprint density at radius 3 is 2.43 bits per heavy atom. The van der Waals surface area contributed by atoms with Gasteiger partial charge in [0.15, 0.2) is 0 Å². The fraction of sp³-hybridized carbons (Fsp3) is 0.235. The predicted molar refractivity (Wildman–Crippen MR) is 92.7 cm³/mol. The number of halogens is 1. The maximum Gasteiger partial charge on any atom is 0.252 e. The van der Waals surface area contributed by atoms with Crippen LogP contribution in [0.15, 0.2) is 48.5 Å². The summed E-state index contributed by atoms with van der Waals surface area (Å²) in [6.07, 6.45) is 0.835. The Morgan fingerprint density at radius 2 is 1.86 bits per heavy atom. The molecule has 1 atom stereocenters. The molecule has 1 amide bonds. The molecular formula is C17H18INO2. The summed E-state index contributed by atoms with van der Waals surface area (Å²) in [6.45, 7) is 2.06. The fourth-order valence-corrected chi connectivity index (χ4v) is 2.77. The maximum absolute atomic E-state index is 12.4. The molecule has 0 aliphatic heterocycles. The Hall–Kier alpha value is -1.56. The first-order chi connectivity index (χ1) is 10.2. The van der Waals surface area contributed by atoms with Gasteiger partial charge in [0, 0.05) is 3.57 Å². The average Bonchev–Trinajstić information content (AvgIpc) is 2.53. The van der Waals surface area contributed by atoms with Gasteiger partial charge >= 0.3 is 0 Å². The third-order valence-electron chi connectivity index (χ3n) is 3.35. The van der Waals surface area contributed by atoms with E-state index in [-0.39, 0.29) is 11.9 Å². The van der Waals surface area contributed by atoms with Crippen molar-refractivity contribution in [3.63, 3.8) is 0 Å². The Balaban J connectivity index is 2.15. The number of carbonyl (C=O) groups excluding carboxylic acids is 1. The molecule has 2 aromatic carbocycles. The van der Waals surface area contributed by atoms with Gasteiger partial charge in [0.05, 0.1) is 18.7 Å². The van der Waals surface area contributed by atoms with E-state index in [0.717, 1.165) is 21.3 Å². The lowest BCUT2D eigenvalue weighted by Gasteiger charge is -2.18. The van der Waals surface area contributed by atoms with E-state index < -0.39 is 0 Å². The summed E-state index contributed by atoms with van der Waals surface area (Å²) in [5.41, 5.74) is 1.79. The molecule has 2 rings (SSSR count). The zero-order valence-electron chi connectivity index (χ0n) is 12.1. The zero-order chi connectivity index (χ0) is 15.2. The van der Waals surface area contributed by atoms with Crippen molar-refractivity contribution in [1.29, 1.82) is 0 Å². The summed E-state index contributed by atoms with van der Waals surface area (Å²) in [4.78, 5) is 12.4. The SMILES string of the molecule is CC[C@H](NC(=O)c1ccccc1I)c1ccc(OC)cc1. The number of methoxy groups -OCH3 is 1. The normalized spacial score (nSPS) is 11.8. The summed E-state index contributed by atoms with van der Waals surface area (Å²) in [7, 11) is 1.64. The number of benzene rings is 2. The third-order valence-corrected chi connectivity index (χ3v) is 4.29. The number of amides is 1. The first-order valence-corrected chi connectivity index (χ1v) is 7.93. The van der Waals surface area contributed by atoms with Crippen LogP contribution in [0.5, 0.6) is 5.75 Å². The summed E-state index contributed by atoms with van der Waals surface area (Å²) < 4.78 is 6.12. The lowest BCUT2D eigenvalue weighted by atomic mass is 10.0. The van der Waals surface area contributed by atoms with Gasteiger partial charge in [-0.1, -0.05) is 31.2 Å². The van der Waals surface area contributed by atoms with Gasteiger partial charge in [-0.15, -0.1) is 0 Å². The molecule has 21 heavy (non-hydrogen) atoms. The standard InChI is InChI=1S/C17H18INO2/c1-3-16(12-8-10-13(21-2)11-9-12)19-17(20)14-6-4-5-7-15(14)18/h4-11,16H,3H2,1-2H3,(H,19,20)/t16-/m0/s1. The minimum Gasteiger partial charge on any atom is -0.497 e. The van der Waals surface area contributed by atoms with Gasteiger partial charge in [-0.2, -0.15) is 0 Å². The molecule has 4 heteroatoms. The molecule has 3 nitrogen and oxygen atoms in total. The van der Waals surface area contributed by atoms with E-state index in [9.17, 15) is 4.79 Å². The van der Waals surface area contributed by atoms with Crippen molar-refractivity contribution in [2.75, 3.05) is 7.11 Å². The van der Waals surface area contributed by atoms with Crippen molar-refractivity contribution in [3.05, 3.63) is 63.2 Å². The van der Waals surface area contributed by atoms with Crippen molar-refractivity contribution in [3.8, 4) is 5.75 Å². The van der Waals surface area contributed by atoms with E-state index in [4.69, 9.17) is 4.74 Å². The molecule has 0 spiro atoms. The second-order valence-electron chi connectivity index (χ2n) is 4.69. The second kappa shape index (κ2) is 7.45. The van der Waals surface area contributed by atoms with Crippen molar-refractivity contribution < 1.29 is 9.53 Å². The molecule has 1 N–H and O–H groups in total. The van der Waals surface area contributed by atoms with Crippen LogP contribution in [0.25, 0.3) is 0 Å². The first-order valence-electron chi connectivity index (χ1n) is 6.85. The average molecular weight is 395 g/mol. The van der Waals surface area contributed by atoms with Crippen LogP contribution >= 0.6 is 22.6 Å². The van der Waals surface area contributed by atoms with E-state index >= 15 is 0 Å². The molecule has 0 saturated heterocycles. The number of carbonyl (C=O) groups is 1. The van der Waals surface area contributed by atoms with Gasteiger partial charge in [-0.3, -0.25) is 4.79 Å². The zero-order valence-corrected chi connectivity index (χ0v) is 14.3. The topological polar surface area (TPSA) is 38.3 Å². The molecule has 0 radical (unpaired) electrons. The molecule has 0 aliphatic carbocycles. The summed E-state index contributed by atoms with van der Waals surface area (Å²) >= 11 is 2.18. The van der Waals surface area contributed by atoms with Crippen LogP contribution < -0.4 is 10.1 Å². The Morgan fingerprint density at radius 1 is 1.19 bits per heavy atom. The largest absolute Gasteiger partial charge is 0.497 e. The molecule has 0 saturated carbocycles. The Bertz CT molecular complexity index is 610. The van der Waals surface area contributed by atoms with Crippen molar-refractivity contribution in [1.82, 2.24) is 5.32 Å². The molecule has 0 aliphatic rings. The van der Waals surface area contributed by atoms with Gasteiger partial charge < -0.3 is 10.1 Å². The molecule has 0 bridgehead atoms. The van der Waals surface area contributed by atoms with Crippen LogP contribution in [0.2, 0.25) is 0 Å². The van der Waals surface area contributed by atoms with E-state index in [0.29, 0.717) is 5.56 Å². The first kappa shape index (κ1) is 15.8. The van der Waals surface area contributed by atoms with Crippen LogP contribution in [-0.4, -0.2) is 13.0 Å². The number of rotatable bonds is 5. The quantitative estimate of drug-likeness (QED) is 0.772. The van der Waals surface area contributed by atoms with Gasteiger partial charge in [0.25, 0.3) is 5.91 Å². The highest BCUT2D eigenvalue weighted by Crippen LogP contribution is 2.21. The van der Waals surface area contributed by atoms with E-state index in [1.54, 1.807) is 7.11 Å². The maximum atomic E-state index is 12.4. The highest BCUT2D eigenvalue weighted by Gasteiger charge is 2.15. The van der Waals surface area contributed by atoms with Crippen LogP contribution in [0, 0.1) is 3.57 Å². The van der Waals surface area contributed by atoms with Crippen molar-refractivity contribution in [2.45, 2.75) is 19.4 Å². The van der Waals surface area contributed by atoms with Gasteiger partial charge in [-0.05, 0) is 58.8 Å². The van der Waals surface area contributed by atoms with Crippen molar-refractivity contribution in [2.24, 2.45) is 0 Å². The molecule has 0 unspecified atom stereocenters.